The number of hydrogen-bond donors (Lipinski definition) is 1. The van der Waals surface area contributed by atoms with Crippen molar-refractivity contribution in [3.8, 4) is 0 Å². The van der Waals surface area contributed by atoms with Gasteiger partial charge in [0.1, 0.15) is 12.4 Å². The molecule has 1 aliphatic rings. The number of nitrogens with one attached hydrogen (secondary N) is 1. The number of nitrogens with zero attached hydrogens (tertiary/aromatic N) is 2. The molecule has 140 valence electrons. The summed E-state index contributed by atoms with van der Waals surface area (Å²) in [6, 6.07) is 10.9. The number of anilines is 2. The van der Waals surface area contributed by atoms with E-state index >= 15 is 0 Å². The molecule has 0 radical (unpaired) electrons. The van der Waals surface area contributed by atoms with Gasteiger partial charge in [-0.1, -0.05) is 12.1 Å². The molecule has 0 fully saturated rings. The maximum atomic E-state index is 13.7. The topological polar surface area (TPSA) is 69.7 Å². The van der Waals surface area contributed by atoms with Crippen LogP contribution in [-0.4, -0.2) is 49.0 Å². The molecule has 0 unspecified atom stereocenters. The van der Waals surface area contributed by atoms with Crippen LogP contribution in [0.4, 0.5) is 15.8 Å². The zero-order valence-electron chi connectivity index (χ0n) is 14.9. The zero-order valence-corrected chi connectivity index (χ0v) is 15.7. The van der Waals surface area contributed by atoms with Gasteiger partial charge in [0.25, 0.3) is 5.91 Å². The van der Waals surface area contributed by atoms with Gasteiger partial charge in [0.2, 0.25) is 11.8 Å². The Bertz CT molecular complexity index is 917. The van der Waals surface area contributed by atoms with Crippen LogP contribution in [0.15, 0.2) is 47.4 Å². The Morgan fingerprint density at radius 1 is 1.22 bits per heavy atom. The Labute approximate surface area is 160 Å². The molecule has 1 N–H and O–H groups in total. The molecular weight excluding hydrogens is 369 g/mol. The highest BCUT2D eigenvalue weighted by molar-refractivity contribution is 8.00. The monoisotopic (exact) mass is 387 g/mol. The van der Waals surface area contributed by atoms with Crippen molar-refractivity contribution in [3.63, 3.8) is 0 Å². The van der Waals surface area contributed by atoms with Gasteiger partial charge in [-0.2, -0.15) is 0 Å². The van der Waals surface area contributed by atoms with Gasteiger partial charge in [-0.25, -0.2) is 4.39 Å². The fraction of sp³-hybridized carbons (Fsp3) is 0.211. The minimum absolute atomic E-state index is 0.0538. The number of para-hydroxylation sites is 1. The average molecular weight is 387 g/mol. The van der Waals surface area contributed by atoms with E-state index in [0.717, 1.165) is 4.90 Å². The summed E-state index contributed by atoms with van der Waals surface area (Å²) in [6.45, 7) is -0.264. The molecule has 0 spiro atoms. The molecule has 6 nitrogen and oxygen atoms in total. The minimum atomic E-state index is -0.550. The second-order valence-electron chi connectivity index (χ2n) is 6.18. The third-order valence-corrected chi connectivity index (χ3v) is 5.05. The Hall–Kier alpha value is -2.87. The number of fused-ring (bicyclic) bond motifs is 1. The van der Waals surface area contributed by atoms with Crippen molar-refractivity contribution < 1.29 is 18.8 Å². The molecule has 3 amide bonds. The molecule has 0 saturated heterocycles. The highest BCUT2D eigenvalue weighted by Crippen LogP contribution is 2.36. The summed E-state index contributed by atoms with van der Waals surface area (Å²) in [5, 5.41) is 2.47. The van der Waals surface area contributed by atoms with Gasteiger partial charge < -0.3 is 15.1 Å². The van der Waals surface area contributed by atoms with Crippen LogP contribution in [0.3, 0.4) is 0 Å². The first-order chi connectivity index (χ1) is 12.9. The number of rotatable bonds is 4. The maximum absolute atomic E-state index is 13.7. The first-order valence-electron chi connectivity index (χ1n) is 8.20. The van der Waals surface area contributed by atoms with Gasteiger partial charge in [0.05, 0.1) is 17.1 Å². The van der Waals surface area contributed by atoms with E-state index in [1.807, 2.05) is 0 Å². The number of hydrogen-bond acceptors (Lipinski definition) is 4. The van der Waals surface area contributed by atoms with Crippen molar-refractivity contribution >= 4 is 40.9 Å². The molecule has 0 atom stereocenters. The quantitative estimate of drug-likeness (QED) is 0.876. The van der Waals surface area contributed by atoms with E-state index in [0.29, 0.717) is 11.3 Å². The van der Waals surface area contributed by atoms with Crippen LogP contribution in [0.25, 0.3) is 0 Å². The second-order valence-corrected chi connectivity index (χ2v) is 7.20. The van der Waals surface area contributed by atoms with Gasteiger partial charge in [0, 0.05) is 24.6 Å². The number of carbonyl (C=O) groups is 3. The Balaban J connectivity index is 1.85. The molecule has 27 heavy (non-hydrogen) atoms. The van der Waals surface area contributed by atoms with Crippen molar-refractivity contribution in [2.45, 2.75) is 4.90 Å². The first kappa shape index (κ1) is 18.9. The van der Waals surface area contributed by atoms with Gasteiger partial charge in [-0.15, -0.1) is 11.8 Å². The molecule has 1 heterocycles. The minimum Gasteiger partial charge on any atom is -0.345 e. The Morgan fingerprint density at radius 3 is 2.67 bits per heavy atom. The maximum Gasteiger partial charge on any atom is 0.253 e. The summed E-state index contributed by atoms with van der Waals surface area (Å²) in [4.78, 5) is 40.5. The Morgan fingerprint density at radius 2 is 1.96 bits per heavy atom. The highest BCUT2D eigenvalue weighted by Gasteiger charge is 2.28. The van der Waals surface area contributed by atoms with Gasteiger partial charge in [-0.05, 0) is 30.3 Å². The molecule has 1 aliphatic heterocycles. The molecule has 0 bridgehead atoms. The standard InChI is InChI=1S/C19H18FN3O3S/c1-22(2)19(26)12-7-8-16-15(9-12)23(18(25)11-27-16)10-17(24)21-14-6-4-3-5-13(14)20/h3-9H,10-11H2,1-2H3,(H,21,24). The lowest BCUT2D eigenvalue weighted by Crippen LogP contribution is -2.41. The van der Waals surface area contributed by atoms with Crippen LogP contribution in [-0.2, 0) is 9.59 Å². The smallest absolute Gasteiger partial charge is 0.253 e. The number of carbonyl (C=O) groups excluding carboxylic acids is 3. The van der Waals surface area contributed by atoms with Crippen LogP contribution in [0.5, 0.6) is 0 Å². The molecule has 8 heteroatoms. The summed E-state index contributed by atoms with van der Waals surface area (Å²) < 4.78 is 13.7. The van der Waals surface area contributed by atoms with Crippen LogP contribution in [0, 0.1) is 5.82 Å². The van der Waals surface area contributed by atoms with E-state index in [9.17, 15) is 18.8 Å². The molecule has 0 saturated carbocycles. The van der Waals surface area contributed by atoms with E-state index in [2.05, 4.69) is 5.32 Å². The molecule has 2 aromatic rings. The highest BCUT2D eigenvalue weighted by atomic mass is 32.2. The number of amides is 3. The molecule has 3 rings (SSSR count). The molecule has 2 aromatic carbocycles. The van der Waals surface area contributed by atoms with Gasteiger partial charge in [-0.3, -0.25) is 14.4 Å². The van der Waals surface area contributed by atoms with E-state index in [1.165, 1.54) is 39.8 Å². The summed E-state index contributed by atoms with van der Waals surface area (Å²) in [6.07, 6.45) is 0. The average Bonchev–Trinajstić information content (AvgIpc) is 2.65. The van der Waals surface area contributed by atoms with Crippen LogP contribution < -0.4 is 10.2 Å². The van der Waals surface area contributed by atoms with E-state index < -0.39 is 11.7 Å². The van der Waals surface area contributed by atoms with Gasteiger partial charge in [0.15, 0.2) is 0 Å². The van der Waals surface area contributed by atoms with Crippen LogP contribution in [0.2, 0.25) is 0 Å². The summed E-state index contributed by atoms with van der Waals surface area (Å²) in [5.74, 6) is -1.32. The molecule has 0 aliphatic carbocycles. The first-order valence-corrected chi connectivity index (χ1v) is 9.18. The SMILES string of the molecule is CN(C)C(=O)c1ccc2c(c1)N(CC(=O)Nc1ccccc1F)C(=O)CS2. The van der Waals surface area contributed by atoms with E-state index in [4.69, 9.17) is 0 Å². The lowest BCUT2D eigenvalue weighted by Gasteiger charge is -2.29. The zero-order chi connectivity index (χ0) is 19.6. The number of halogens is 1. The van der Waals surface area contributed by atoms with Crippen LogP contribution in [0.1, 0.15) is 10.4 Å². The number of thioether (sulfide) groups is 1. The molecular formula is C19H18FN3O3S. The normalized spacial score (nSPS) is 13.1. The van der Waals surface area contributed by atoms with Crippen molar-refractivity contribution in [1.82, 2.24) is 4.90 Å². The van der Waals surface area contributed by atoms with Crippen molar-refractivity contribution in [3.05, 3.63) is 53.8 Å². The summed E-state index contributed by atoms with van der Waals surface area (Å²) in [5.41, 5.74) is 0.985. The van der Waals surface area contributed by atoms with E-state index in [-0.39, 0.29) is 29.8 Å². The third-order valence-electron chi connectivity index (χ3n) is 4.00. The van der Waals surface area contributed by atoms with Crippen molar-refractivity contribution in [2.24, 2.45) is 0 Å². The summed E-state index contributed by atoms with van der Waals surface area (Å²) >= 11 is 1.36. The second kappa shape index (κ2) is 7.79. The lowest BCUT2D eigenvalue weighted by molar-refractivity contribution is -0.120. The fourth-order valence-corrected chi connectivity index (χ4v) is 3.58. The van der Waals surface area contributed by atoms with E-state index in [1.54, 1.807) is 38.4 Å². The van der Waals surface area contributed by atoms with Crippen molar-refractivity contribution in [2.75, 3.05) is 36.6 Å². The number of benzene rings is 2. The lowest BCUT2D eigenvalue weighted by atomic mass is 10.1. The predicted molar refractivity (Wildman–Crippen MR) is 103 cm³/mol. The Kier molecular flexibility index (Phi) is 5.46. The fourth-order valence-electron chi connectivity index (χ4n) is 2.66. The summed E-state index contributed by atoms with van der Waals surface area (Å²) in [7, 11) is 3.28. The molecule has 0 aromatic heterocycles. The third kappa shape index (κ3) is 4.11. The van der Waals surface area contributed by atoms with Gasteiger partial charge >= 0.3 is 0 Å². The van der Waals surface area contributed by atoms with Crippen molar-refractivity contribution in [1.29, 1.82) is 0 Å². The van der Waals surface area contributed by atoms with Crippen LogP contribution >= 0.6 is 11.8 Å². The largest absolute Gasteiger partial charge is 0.345 e. The predicted octanol–water partition coefficient (Wildman–Crippen LogP) is 2.60.